The number of aromatic nitrogens is 1. The van der Waals surface area contributed by atoms with Crippen molar-refractivity contribution in [1.82, 2.24) is 4.98 Å². The van der Waals surface area contributed by atoms with E-state index in [-0.39, 0.29) is 5.82 Å². The van der Waals surface area contributed by atoms with E-state index >= 15 is 0 Å². The zero-order valence-electron chi connectivity index (χ0n) is 10.0. The van der Waals surface area contributed by atoms with Gasteiger partial charge in [-0.1, -0.05) is 36.7 Å². The summed E-state index contributed by atoms with van der Waals surface area (Å²) in [6, 6.07) is 10.3. The number of rotatable bonds is 3. The smallest absolute Gasteiger partial charge is 0.141 e. The van der Waals surface area contributed by atoms with Crippen molar-refractivity contribution in [1.29, 1.82) is 0 Å². The second-order valence-corrected chi connectivity index (χ2v) is 4.57. The van der Waals surface area contributed by atoms with Crippen molar-refractivity contribution < 1.29 is 4.39 Å². The first-order chi connectivity index (χ1) is 8.58. The Labute approximate surface area is 111 Å². The van der Waals surface area contributed by atoms with E-state index in [1.807, 2.05) is 25.1 Å². The number of pyridine rings is 1. The highest BCUT2D eigenvalue weighted by Crippen LogP contribution is 2.33. The molecule has 2 N–H and O–H groups in total. The standard InChI is InChI=1S/C14H14ClFN2/c1-2-14(17,11-5-3-4-6-12(11)15)13-8-7-10(16)9-18-13/h3-9H,2,17H2,1H3. The molecule has 0 amide bonds. The second kappa shape index (κ2) is 5.04. The number of hydrogen-bond acceptors (Lipinski definition) is 2. The average Bonchev–Trinajstić information content (AvgIpc) is 2.39. The minimum absolute atomic E-state index is 0.378. The molecule has 1 atom stereocenters. The van der Waals surface area contributed by atoms with Gasteiger partial charge < -0.3 is 5.73 Å². The van der Waals surface area contributed by atoms with Crippen LogP contribution in [0.4, 0.5) is 4.39 Å². The van der Waals surface area contributed by atoms with Gasteiger partial charge in [-0.3, -0.25) is 4.98 Å². The molecule has 2 nitrogen and oxygen atoms in total. The Balaban J connectivity index is 2.55. The molecule has 0 aliphatic rings. The van der Waals surface area contributed by atoms with Crippen LogP contribution in [-0.4, -0.2) is 4.98 Å². The van der Waals surface area contributed by atoms with Gasteiger partial charge in [0.25, 0.3) is 0 Å². The molecule has 1 aromatic heterocycles. The highest BCUT2D eigenvalue weighted by molar-refractivity contribution is 6.31. The fourth-order valence-corrected chi connectivity index (χ4v) is 2.28. The molecule has 1 heterocycles. The van der Waals surface area contributed by atoms with Crippen molar-refractivity contribution in [2.45, 2.75) is 18.9 Å². The van der Waals surface area contributed by atoms with Crippen molar-refractivity contribution in [3.8, 4) is 0 Å². The van der Waals surface area contributed by atoms with Crippen molar-refractivity contribution in [2.24, 2.45) is 5.73 Å². The first-order valence-electron chi connectivity index (χ1n) is 5.74. The van der Waals surface area contributed by atoms with E-state index in [0.717, 1.165) is 5.56 Å². The topological polar surface area (TPSA) is 38.9 Å². The largest absolute Gasteiger partial charge is 0.316 e. The van der Waals surface area contributed by atoms with E-state index in [4.69, 9.17) is 17.3 Å². The summed E-state index contributed by atoms with van der Waals surface area (Å²) in [7, 11) is 0. The van der Waals surface area contributed by atoms with Crippen LogP contribution in [0.5, 0.6) is 0 Å². The third kappa shape index (κ3) is 2.24. The van der Waals surface area contributed by atoms with E-state index in [1.165, 1.54) is 12.3 Å². The molecule has 0 saturated heterocycles. The number of halogens is 2. The summed E-state index contributed by atoms with van der Waals surface area (Å²) < 4.78 is 12.9. The second-order valence-electron chi connectivity index (χ2n) is 4.17. The summed E-state index contributed by atoms with van der Waals surface area (Å²) in [5, 5.41) is 0.591. The number of nitrogens with two attached hydrogens (primary N) is 1. The van der Waals surface area contributed by atoms with E-state index in [2.05, 4.69) is 4.98 Å². The molecule has 0 radical (unpaired) electrons. The molecule has 0 saturated carbocycles. The summed E-state index contributed by atoms with van der Waals surface area (Å²) >= 11 is 6.19. The summed E-state index contributed by atoms with van der Waals surface area (Å²) in [6.07, 6.45) is 1.79. The Morgan fingerprint density at radius 2 is 2.00 bits per heavy atom. The van der Waals surface area contributed by atoms with Crippen LogP contribution in [0.25, 0.3) is 0 Å². The molecule has 4 heteroatoms. The maximum absolute atomic E-state index is 12.9. The van der Waals surface area contributed by atoms with Crippen LogP contribution in [0.3, 0.4) is 0 Å². The molecule has 0 fully saturated rings. The van der Waals surface area contributed by atoms with Crippen LogP contribution < -0.4 is 5.73 Å². The molecule has 1 aromatic carbocycles. The average molecular weight is 265 g/mol. The van der Waals surface area contributed by atoms with E-state index in [1.54, 1.807) is 12.1 Å². The van der Waals surface area contributed by atoms with Gasteiger partial charge in [0, 0.05) is 5.02 Å². The molecule has 18 heavy (non-hydrogen) atoms. The van der Waals surface area contributed by atoms with Crippen molar-refractivity contribution in [2.75, 3.05) is 0 Å². The maximum Gasteiger partial charge on any atom is 0.141 e. The van der Waals surface area contributed by atoms with Crippen LogP contribution >= 0.6 is 11.6 Å². The number of nitrogens with zero attached hydrogens (tertiary/aromatic N) is 1. The summed E-state index contributed by atoms with van der Waals surface area (Å²) in [6.45, 7) is 1.95. The van der Waals surface area contributed by atoms with Crippen molar-refractivity contribution >= 4 is 11.6 Å². The lowest BCUT2D eigenvalue weighted by molar-refractivity contribution is 0.499. The molecule has 0 spiro atoms. The van der Waals surface area contributed by atoms with Crippen molar-refractivity contribution in [3.63, 3.8) is 0 Å². The SMILES string of the molecule is CCC(N)(c1ccc(F)cn1)c1ccccc1Cl. The first-order valence-corrected chi connectivity index (χ1v) is 6.11. The highest BCUT2D eigenvalue weighted by atomic mass is 35.5. The lowest BCUT2D eigenvalue weighted by Gasteiger charge is -2.29. The predicted molar refractivity (Wildman–Crippen MR) is 70.9 cm³/mol. The number of hydrogen-bond donors (Lipinski definition) is 1. The van der Waals surface area contributed by atoms with Gasteiger partial charge in [0.1, 0.15) is 5.82 Å². The van der Waals surface area contributed by atoms with Gasteiger partial charge >= 0.3 is 0 Å². The zero-order valence-corrected chi connectivity index (χ0v) is 10.8. The van der Waals surface area contributed by atoms with Crippen LogP contribution in [0.1, 0.15) is 24.6 Å². The van der Waals surface area contributed by atoms with Crippen molar-refractivity contribution in [3.05, 3.63) is 64.7 Å². The van der Waals surface area contributed by atoms with Gasteiger partial charge in [-0.05, 0) is 30.2 Å². The summed E-state index contributed by atoms with van der Waals surface area (Å²) in [4.78, 5) is 4.08. The Kier molecular flexibility index (Phi) is 3.64. The third-order valence-corrected chi connectivity index (χ3v) is 3.43. The Morgan fingerprint density at radius 1 is 1.28 bits per heavy atom. The molecule has 2 aromatic rings. The molecule has 0 aliphatic carbocycles. The lowest BCUT2D eigenvalue weighted by atomic mass is 9.84. The number of benzene rings is 1. The Bertz CT molecular complexity index is 542. The fraction of sp³-hybridized carbons (Fsp3) is 0.214. The zero-order chi connectivity index (χ0) is 13.2. The molecule has 0 aliphatic heterocycles. The minimum atomic E-state index is -0.800. The van der Waals surface area contributed by atoms with Crippen LogP contribution in [-0.2, 0) is 5.54 Å². The molecule has 94 valence electrons. The fourth-order valence-electron chi connectivity index (χ4n) is 1.97. The minimum Gasteiger partial charge on any atom is -0.316 e. The predicted octanol–water partition coefficient (Wildman–Crippen LogP) is 3.49. The van der Waals surface area contributed by atoms with Crippen LogP contribution in [0.15, 0.2) is 42.6 Å². The third-order valence-electron chi connectivity index (χ3n) is 3.10. The lowest BCUT2D eigenvalue weighted by Crippen LogP contribution is -2.38. The van der Waals surface area contributed by atoms with Gasteiger partial charge in [-0.25, -0.2) is 4.39 Å². The van der Waals surface area contributed by atoms with Gasteiger partial charge in [0.05, 0.1) is 17.4 Å². The van der Waals surface area contributed by atoms with Crippen LogP contribution in [0.2, 0.25) is 5.02 Å². The molecule has 1 unspecified atom stereocenters. The summed E-state index contributed by atoms with van der Waals surface area (Å²) in [5.41, 5.74) is 7.03. The Hall–Kier alpha value is -1.45. The van der Waals surface area contributed by atoms with Crippen LogP contribution in [0, 0.1) is 5.82 Å². The first kappa shape index (κ1) is 13.0. The summed E-state index contributed by atoms with van der Waals surface area (Å²) in [5.74, 6) is -0.378. The van der Waals surface area contributed by atoms with Gasteiger partial charge in [0.15, 0.2) is 0 Å². The van der Waals surface area contributed by atoms with Gasteiger partial charge in [-0.15, -0.1) is 0 Å². The molecular formula is C14H14ClFN2. The monoisotopic (exact) mass is 264 g/mol. The quantitative estimate of drug-likeness (QED) is 0.922. The highest BCUT2D eigenvalue weighted by Gasteiger charge is 2.30. The normalized spacial score (nSPS) is 14.2. The molecular weight excluding hydrogens is 251 g/mol. The Morgan fingerprint density at radius 3 is 2.56 bits per heavy atom. The molecule has 2 rings (SSSR count). The van der Waals surface area contributed by atoms with Gasteiger partial charge in [0.2, 0.25) is 0 Å². The maximum atomic E-state index is 12.9. The van der Waals surface area contributed by atoms with E-state index < -0.39 is 5.54 Å². The molecule has 0 bridgehead atoms. The van der Waals surface area contributed by atoms with Gasteiger partial charge in [-0.2, -0.15) is 0 Å². The van der Waals surface area contributed by atoms with E-state index in [0.29, 0.717) is 17.1 Å². The van der Waals surface area contributed by atoms with E-state index in [9.17, 15) is 4.39 Å².